The fourth-order valence-corrected chi connectivity index (χ4v) is 3.31. The molecule has 4 nitrogen and oxygen atoms in total. The fourth-order valence-electron chi connectivity index (χ4n) is 2.29. The number of hydrogen-bond acceptors (Lipinski definition) is 3. The van der Waals surface area contributed by atoms with Crippen LogP contribution in [0.3, 0.4) is 0 Å². The summed E-state index contributed by atoms with van der Waals surface area (Å²) in [4.78, 5) is 25.8. The maximum absolute atomic E-state index is 12.2. The fraction of sp³-hybridized carbons (Fsp3) is 0.571. The molecule has 1 aromatic rings. The van der Waals surface area contributed by atoms with Crippen molar-refractivity contribution in [1.29, 1.82) is 0 Å². The van der Waals surface area contributed by atoms with Gasteiger partial charge in [0.2, 0.25) is 5.91 Å². The molecule has 5 heteroatoms. The van der Waals surface area contributed by atoms with E-state index in [1.165, 1.54) is 21.8 Å². The molecular weight excluding hydrogens is 260 g/mol. The van der Waals surface area contributed by atoms with E-state index in [2.05, 4.69) is 17.6 Å². The highest BCUT2D eigenvalue weighted by Gasteiger charge is 2.23. The lowest BCUT2D eigenvalue weighted by Crippen LogP contribution is -2.45. The van der Waals surface area contributed by atoms with E-state index in [0.717, 1.165) is 25.7 Å². The SMILES string of the molecule is CCc1cc(C(=O)N[C@H]2CCCCNC2=O)sc1C. The number of hydrogen-bond donors (Lipinski definition) is 2. The van der Waals surface area contributed by atoms with Gasteiger partial charge in [0.15, 0.2) is 0 Å². The Morgan fingerprint density at radius 3 is 3.00 bits per heavy atom. The van der Waals surface area contributed by atoms with Crippen LogP contribution in [0.25, 0.3) is 0 Å². The van der Waals surface area contributed by atoms with Crippen molar-refractivity contribution < 1.29 is 9.59 Å². The quantitative estimate of drug-likeness (QED) is 0.890. The molecule has 2 N–H and O–H groups in total. The molecule has 0 bridgehead atoms. The Balaban J connectivity index is 2.04. The molecule has 0 spiro atoms. The molecule has 2 heterocycles. The molecule has 19 heavy (non-hydrogen) atoms. The van der Waals surface area contributed by atoms with Crippen LogP contribution in [0.1, 0.15) is 46.3 Å². The molecule has 0 saturated carbocycles. The van der Waals surface area contributed by atoms with E-state index in [1.54, 1.807) is 0 Å². The van der Waals surface area contributed by atoms with Crippen LogP contribution in [0, 0.1) is 6.92 Å². The first kappa shape index (κ1) is 14.1. The second-order valence-corrected chi connectivity index (χ2v) is 6.11. The topological polar surface area (TPSA) is 58.2 Å². The van der Waals surface area contributed by atoms with Crippen LogP contribution in [0.15, 0.2) is 6.07 Å². The maximum Gasteiger partial charge on any atom is 0.262 e. The summed E-state index contributed by atoms with van der Waals surface area (Å²) in [5, 5.41) is 5.68. The van der Waals surface area contributed by atoms with Crippen molar-refractivity contribution in [2.24, 2.45) is 0 Å². The number of rotatable bonds is 3. The molecule has 2 amide bonds. The second kappa shape index (κ2) is 6.19. The van der Waals surface area contributed by atoms with Crippen LogP contribution in [0.4, 0.5) is 0 Å². The Morgan fingerprint density at radius 2 is 2.32 bits per heavy atom. The number of amides is 2. The Kier molecular flexibility index (Phi) is 4.58. The lowest BCUT2D eigenvalue weighted by molar-refractivity contribution is -0.122. The molecule has 1 atom stereocenters. The zero-order valence-corrected chi connectivity index (χ0v) is 12.2. The monoisotopic (exact) mass is 280 g/mol. The van der Waals surface area contributed by atoms with Gasteiger partial charge in [0.05, 0.1) is 4.88 Å². The minimum Gasteiger partial charge on any atom is -0.354 e. The van der Waals surface area contributed by atoms with Crippen LogP contribution < -0.4 is 10.6 Å². The van der Waals surface area contributed by atoms with Crippen LogP contribution in [0.5, 0.6) is 0 Å². The van der Waals surface area contributed by atoms with Crippen molar-refractivity contribution in [2.45, 2.75) is 45.6 Å². The summed E-state index contributed by atoms with van der Waals surface area (Å²) in [5.41, 5.74) is 1.21. The van der Waals surface area contributed by atoms with E-state index >= 15 is 0 Å². The first-order valence-electron chi connectivity index (χ1n) is 6.79. The van der Waals surface area contributed by atoms with E-state index in [-0.39, 0.29) is 17.9 Å². The van der Waals surface area contributed by atoms with Gasteiger partial charge in [0, 0.05) is 11.4 Å². The minimum absolute atomic E-state index is 0.0603. The standard InChI is InChI=1S/C14H20N2O2S/c1-3-10-8-12(19-9(10)2)14(18)16-11-6-4-5-7-15-13(11)17/h8,11H,3-7H2,1-2H3,(H,15,17)(H,16,18)/t11-/m0/s1. The first-order chi connectivity index (χ1) is 9.11. The van der Waals surface area contributed by atoms with Gasteiger partial charge < -0.3 is 10.6 Å². The molecule has 0 radical (unpaired) electrons. The van der Waals surface area contributed by atoms with Gasteiger partial charge in [-0.25, -0.2) is 0 Å². The van der Waals surface area contributed by atoms with Gasteiger partial charge in [0.25, 0.3) is 5.91 Å². The molecular formula is C14H20N2O2S. The van der Waals surface area contributed by atoms with Gasteiger partial charge in [-0.3, -0.25) is 9.59 Å². The highest BCUT2D eigenvalue weighted by Crippen LogP contribution is 2.22. The maximum atomic E-state index is 12.2. The smallest absolute Gasteiger partial charge is 0.262 e. The summed E-state index contributed by atoms with van der Waals surface area (Å²) in [5.74, 6) is -0.190. The van der Waals surface area contributed by atoms with Crippen molar-refractivity contribution >= 4 is 23.2 Å². The van der Waals surface area contributed by atoms with Crippen molar-refractivity contribution in [3.63, 3.8) is 0 Å². The molecule has 1 aliphatic rings. The molecule has 1 aromatic heterocycles. The highest BCUT2D eigenvalue weighted by molar-refractivity contribution is 7.14. The van der Waals surface area contributed by atoms with Gasteiger partial charge >= 0.3 is 0 Å². The van der Waals surface area contributed by atoms with E-state index in [4.69, 9.17) is 0 Å². The number of nitrogens with one attached hydrogen (secondary N) is 2. The molecule has 0 unspecified atom stereocenters. The Morgan fingerprint density at radius 1 is 1.53 bits per heavy atom. The second-order valence-electron chi connectivity index (χ2n) is 4.86. The molecule has 1 aliphatic heterocycles. The summed E-state index contributed by atoms with van der Waals surface area (Å²) in [6, 6.07) is 1.55. The summed E-state index contributed by atoms with van der Waals surface area (Å²) < 4.78 is 0. The van der Waals surface area contributed by atoms with Crippen molar-refractivity contribution in [3.8, 4) is 0 Å². The van der Waals surface area contributed by atoms with Crippen molar-refractivity contribution in [3.05, 3.63) is 21.4 Å². The molecule has 104 valence electrons. The lowest BCUT2D eigenvalue weighted by Gasteiger charge is -2.14. The molecule has 0 aliphatic carbocycles. The van der Waals surface area contributed by atoms with Crippen LogP contribution in [-0.2, 0) is 11.2 Å². The highest BCUT2D eigenvalue weighted by atomic mass is 32.1. The molecule has 2 rings (SSSR count). The Labute approximate surface area is 117 Å². The molecule has 1 fully saturated rings. The van der Waals surface area contributed by atoms with E-state index in [1.807, 2.05) is 13.0 Å². The zero-order valence-electron chi connectivity index (χ0n) is 11.4. The van der Waals surface area contributed by atoms with Gasteiger partial charge in [-0.2, -0.15) is 0 Å². The Hall–Kier alpha value is -1.36. The van der Waals surface area contributed by atoms with Gasteiger partial charge in [-0.05, 0) is 44.2 Å². The number of aryl methyl sites for hydroxylation is 2. The third-order valence-electron chi connectivity index (χ3n) is 3.47. The zero-order chi connectivity index (χ0) is 13.8. The van der Waals surface area contributed by atoms with Crippen molar-refractivity contribution in [1.82, 2.24) is 10.6 Å². The van der Waals surface area contributed by atoms with Crippen molar-refractivity contribution in [2.75, 3.05) is 6.54 Å². The minimum atomic E-state index is -0.387. The van der Waals surface area contributed by atoms with E-state index in [9.17, 15) is 9.59 Å². The predicted octanol–water partition coefficient (Wildman–Crippen LogP) is 2.02. The number of carbonyl (C=O) groups excluding carboxylic acids is 2. The lowest BCUT2D eigenvalue weighted by atomic mass is 10.1. The van der Waals surface area contributed by atoms with Crippen LogP contribution in [0.2, 0.25) is 0 Å². The van der Waals surface area contributed by atoms with E-state index in [0.29, 0.717) is 11.4 Å². The van der Waals surface area contributed by atoms with E-state index < -0.39 is 0 Å². The average molecular weight is 280 g/mol. The largest absolute Gasteiger partial charge is 0.354 e. The third kappa shape index (κ3) is 3.35. The summed E-state index contributed by atoms with van der Waals surface area (Å²) in [6.45, 7) is 4.82. The van der Waals surface area contributed by atoms with Gasteiger partial charge in [-0.15, -0.1) is 11.3 Å². The van der Waals surface area contributed by atoms with Crippen LogP contribution >= 0.6 is 11.3 Å². The molecule has 1 saturated heterocycles. The number of carbonyl (C=O) groups is 2. The average Bonchev–Trinajstić information content (AvgIpc) is 2.66. The summed E-state index contributed by atoms with van der Waals surface area (Å²) >= 11 is 1.50. The predicted molar refractivity (Wildman–Crippen MR) is 76.5 cm³/mol. The normalized spacial score (nSPS) is 19.7. The third-order valence-corrected chi connectivity index (χ3v) is 4.56. The first-order valence-corrected chi connectivity index (χ1v) is 7.61. The summed E-state index contributed by atoms with van der Waals surface area (Å²) in [7, 11) is 0. The van der Waals surface area contributed by atoms with Gasteiger partial charge in [-0.1, -0.05) is 6.92 Å². The van der Waals surface area contributed by atoms with Gasteiger partial charge in [0.1, 0.15) is 6.04 Å². The molecule has 0 aromatic carbocycles. The summed E-state index contributed by atoms with van der Waals surface area (Å²) in [6.07, 6.45) is 3.60. The Bertz CT molecular complexity index is 482. The van der Waals surface area contributed by atoms with Crippen LogP contribution in [-0.4, -0.2) is 24.4 Å². The number of thiophene rings is 1.